The van der Waals surface area contributed by atoms with Crippen molar-refractivity contribution in [2.24, 2.45) is 0 Å². The van der Waals surface area contributed by atoms with Crippen LogP contribution < -0.4 is 10.6 Å². The normalized spacial score (nSPS) is 26.8. The first-order valence-electron chi connectivity index (χ1n) is 3.96. The summed E-state index contributed by atoms with van der Waals surface area (Å²) in [6, 6.07) is -0.551. The van der Waals surface area contributed by atoms with Gasteiger partial charge in [0, 0.05) is 26.7 Å². The van der Waals surface area contributed by atoms with Crippen LogP contribution in [0.1, 0.15) is 0 Å². The van der Waals surface area contributed by atoms with Gasteiger partial charge in [0.25, 0.3) is 0 Å². The molecule has 2 atom stereocenters. The Bertz CT molecular complexity index is 223. The number of hydrogen-bond donors (Lipinski definition) is 3. The molecule has 1 rings (SSSR count). The van der Waals surface area contributed by atoms with Crippen LogP contribution in [0.25, 0.3) is 0 Å². The third kappa shape index (κ3) is 2.47. The topological polar surface area (TPSA) is 81.7 Å². The highest BCUT2D eigenvalue weighted by Crippen LogP contribution is 2.04. The fourth-order valence-corrected chi connectivity index (χ4v) is 1.90. The van der Waals surface area contributed by atoms with E-state index in [-0.39, 0.29) is 5.91 Å². The SMILES string of the molecule is CNC(=O)[C@H]1CNCCN1S(=O)O. The fourth-order valence-electron chi connectivity index (χ4n) is 1.26. The summed E-state index contributed by atoms with van der Waals surface area (Å²) in [5.74, 6) is -0.241. The summed E-state index contributed by atoms with van der Waals surface area (Å²) in [4.78, 5) is 11.2. The van der Waals surface area contributed by atoms with E-state index in [0.29, 0.717) is 19.6 Å². The zero-order chi connectivity index (χ0) is 9.84. The van der Waals surface area contributed by atoms with Gasteiger partial charge in [0.1, 0.15) is 6.04 Å². The van der Waals surface area contributed by atoms with Gasteiger partial charge in [-0.25, -0.2) is 4.21 Å². The molecule has 6 nitrogen and oxygen atoms in total. The van der Waals surface area contributed by atoms with E-state index in [4.69, 9.17) is 4.55 Å². The highest BCUT2D eigenvalue weighted by atomic mass is 32.2. The summed E-state index contributed by atoms with van der Waals surface area (Å²) in [6.45, 7) is 1.44. The average Bonchev–Trinajstić information content (AvgIpc) is 2.16. The summed E-state index contributed by atoms with van der Waals surface area (Å²) in [5, 5.41) is 5.44. The summed E-state index contributed by atoms with van der Waals surface area (Å²) in [5.41, 5.74) is 0. The molecular formula is C6H13N3O3S. The van der Waals surface area contributed by atoms with Crippen LogP contribution >= 0.6 is 0 Å². The molecule has 13 heavy (non-hydrogen) atoms. The lowest BCUT2D eigenvalue weighted by Gasteiger charge is -2.31. The largest absolute Gasteiger partial charge is 0.358 e. The van der Waals surface area contributed by atoms with Crippen LogP contribution in [0, 0.1) is 0 Å². The molecule has 0 spiro atoms. The second-order valence-electron chi connectivity index (χ2n) is 2.71. The number of carbonyl (C=O) groups is 1. The van der Waals surface area contributed by atoms with Gasteiger partial charge in [-0.05, 0) is 0 Å². The maximum atomic E-state index is 11.2. The second-order valence-corrected chi connectivity index (χ2v) is 3.64. The molecule has 1 fully saturated rings. The van der Waals surface area contributed by atoms with Crippen LogP contribution in [0.4, 0.5) is 0 Å². The minimum atomic E-state index is -2.07. The Balaban J connectivity index is 2.67. The van der Waals surface area contributed by atoms with Crippen LogP contribution in [0.2, 0.25) is 0 Å². The van der Waals surface area contributed by atoms with Gasteiger partial charge in [0.15, 0.2) is 0 Å². The first-order valence-corrected chi connectivity index (χ1v) is 5.03. The summed E-state index contributed by atoms with van der Waals surface area (Å²) >= 11 is -2.07. The molecule has 0 aromatic heterocycles. The van der Waals surface area contributed by atoms with Gasteiger partial charge in [-0.1, -0.05) is 0 Å². The highest BCUT2D eigenvalue weighted by molar-refractivity contribution is 7.76. The number of nitrogens with one attached hydrogen (secondary N) is 2. The summed E-state index contributed by atoms with van der Waals surface area (Å²) in [7, 11) is 1.51. The number of likely N-dealkylation sites (N-methyl/N-ethyl adjacent to an activating group) is 1. The monoisotopic (exact) mass is 207 g/mol. The van der Waals surface area contributed by atoms with Gasteiger partial charge in [-0.15, -0.1) is 0 Å². The van der Waals surface area contributed by atoms with E-state index < -0.39 is 17.3 Å². The Kier molecular flexibility index (Phi) is 3.79. The summed E-state index contributed by atoms with van der Waals surface area (Å²) in [6.07, 6.45) is 0. The summed E-state index contributed by atoms with van der Waals surface area (Å²) < 4.78 is 21.0. The Hall–Kier alpha value is -0.500. The highest BCUT2D eigenvalue weighted by Gasteiger charge is 2.31. The number of rotatable bonds is 2. The lowest BCUT2D eigenvalue weighted by Crippen LogP contribution is -2.57. The van der Waals surface area contributed by atoms with Crippen molar-refractivity contribution in [1.29, 1.82) is 0 Å². The zero-order valence-electron chi connectivity index (χ0n) is 7.32. The minimum Gasteiger partial charge on any atom is -0.358 e. The smallest absolute Gasteiger partial charge is 0.239 e. The molecule has 0 aliphatic carbocycles. The molecule has 0 bridgehead atoms. The number of hydrogen-bond acceptors (Lipinski definition) is 3. The van der Waals surface area contributed by atoms with E-state index in [0.717, 1.165) is 0 Å². The molecule has 3 N–H and O–H groups in total. The van der Waals surface area contributed by atoms with Crippen LogP contribution in [0.15, 0.2) is 0 Å². The van der Waals surface area contributed by atoms with Crippen molar-refractivity contribution in [3.8, 4) is 0 Å². The van der Waals surface area contributed by atoms with Crippen LogP contribution in [-0.2, 0) is 16.1 Å². The molecule has 1 aliphatic heterocycles. The number of nitrogens with zero attached hydrogens (tertiary/aromatic N) is 1. The van der Waals surface area contributed by atoms with Gasteiger partial charge in [-0.2, -0.15) is 4.31 Å². The van der Waals surface area contributed by atoms with Gasteiger partial charge in [-0.3, -0.25) is 9.35 Å². The van der Waals surface area contributed by atoms with E-state index in [1.54, 1.807) is 0 Å². The van der Waals surface area contributed by atoms with Crippen molar-refractivity contribution in [3.63, 3.8) is 0 Å². The predicted octanol–water partition coefficient (Wildman–Crippen LogP) is -1.86. The fraction of sp³-hybridized carbons (Fsp3) is 0.833. The molecule has 0 aromatic rings. The van der Waals surface area contributed by atoms with Crippen molar-refractivity contribution < 1.29 is 13.6 Å². The van der Waals surface area contributed by atoms with E-state index in [1.807, 2.05) is 0 Å². The Labute approximate surface area is 79.1 Å². The molecule has 0 saturated carbocycles. The van der Waals surface area contributed by atoms with E-state index >= 15 is 0 Å². The van der Waals surface area contributed by atoms with Gasteiger partial charge < -0.3 is 10.6 Å². The van der Waals surface area contributed by atoms with Crippen molar-refractivity contribution >= 4 is 17.2 Å². The molecule has 0 aromatic carbocycles. The molecule has 1 unspecified atom stereocenters. The Morgan fingerprint density at radius 2 is 2.46 bits per heavy atom. The van der Waals surface area contributed by atoms with Crippen molar-refractivity contribution in [2.45, 2.75) is 6.04 Å². The number of carbonyl (C=O) groups excluding carboxylic acids is 1. The zero-order valence-corrected chi connectivity index (χ0v) is 8.13. The minimum absolute atomic E-state index is 0.241. The van der Waals surface area contributed by atoms with E-state index in [2.05, 4.69) is 10.6 Å². The van der Waals surface area contributed by atoms with Crippen LogP contribution in [0.5, 0.6) is 0 Å². The third-order valence-corrected chi connectivity index (χ3v) is 2.78. The Morgan fingerprint density at radius 3 is 3.00 bits per heavy atom. The quantitative estimate of drug-likeness (QED) is 0.464. The average molecular weight is 207 g/mol. The molecule has 76 valence electrons. The molecule has 0 radical (unpaired) electrons. The van der Waals surface area contributed by atoms with Crippen molar-refractivity contribution in [3.05, 3.63) is 0 Å². The number of amides is 1. The Morgan fingerprint density at radius 1 is 1.77 bits per heavy atom. The lowest BCUT2D eigenvalue weighted by molar-refractivity contribution is -0.124. The van der Waals surface area contributed by atoms with Gasteiger partial charge >= 0.3 is 0 Å². The second kappa shape index (κ2) is 4.66. The van der Waals surface area contributed by atoms with Gasteiger partial charge in [0.05, 0.1) is 0 Å². The molecule has 7 heteroatoms. The van der Waals surface area contributed by atoms with E-state index in [9.17, 15) is 9.00 Å². The lowest BCUT2D eigenvalue weighted by atomic mass is 10.2. The number of piperazine rings is 1. The molecular weight excluding hydrogens is 194 g/mol. The molecule has 1 amide bonds. The predicted molar refractivity (Wildman–Crippen MR) is 48.2 cm³/mol. The third-order valence-electron chi connectivity index (χ3n) is 1.94. The maximum Gasteiger partial charge on any atom is 0.239 e. The van der Waals surface area contributed by atoms with Crippen LogP contribution in [-0.4, -0.2) is 51.7 Å². The molecule has 1 aliphatic rings. The van der Waals surface area contributed by atoms with Crippen molar-refractivity contribution in [2.75, 3.05) is 26.7 Å². The maximum absolute atomic E-state index is 11.2. The first kappa shape index (κ1) is 10.6. The van der Waals surface area contributed by atoms with E-state index in [1.165, 1.54) is 11.4 Å². The van der Waals surface area contributed by atoms with Crippen molar-refractivity contribution in [1.82, 2.24) is 14.9 Å². The van der Waals surface area contributed by atoms with Crippen LogP contribution in [0.3, 0.4) is 0 Å². The standard InChI is InChI=1S/C6H13N3O3S/c1-7-6(10)5-4-8-2-3-9(5)13(11)12/h5,8H,2-4H2,1H3,(H,7,10)(H,11,12)/t5-/m1/s1. The first-order chi connectivity index (χ1) is 6.16. The molecule has 1 saturated heterocycles. The molecule has 1 heterocycles. The van der Waals surface area contributed by atoms with Gasteiger partial charge in [0.2, 0.25) is 17.2 Å².